The van der Waals surface area contributed by atoms with E-state index in [9.17, 15) is 9.59 Å². The third-order valence-electron chi connectivity index (χ3n) is 4.17. The summed E-state index contributed by atoms with van der Waals surface area (Å²) in [6, 6.07) is 11.9. The van der Waals surface area contributed by atoms with Gasteiger partial charge in [0.05, 0.1) is 17.7 Å². The fourth-order valence-electron chi connectivity index (χ4n) is 2.89. The van der Waals surface area contributed by atoms with Gasteiger partial charge in [-0.15, -0.1) is 0 Å². The zero-order valence-corrected chi connectivity index (χ0v) is 16.4. The number of benzene rings is 2. The van der Waals surface area contributed by atoms with E-state index in [0.29, 0.717) is 45.6 Å². The Kier molecular flexibility index (Phi) is 5.73. The van der Waals surface area contributed by atoms with Crippen molar-refractivity contribution in [2.45, 2.75) is 13.3 Å². The van der Waals surface area contributed by atoms with Gasteiger partial charge in [-0.3, -0.25) is 14.5 Å². The van der Waals surface area contributed by atoms with E-state index < -0.39 is 0 Å². The summed E-state index contributed by atoms with van der Waals surface area (Å²) in [7, 11) is 1.53. The van der Waals surface area contributed by atoms with E-state index in [4.69, 9.17) is 27.9 Å². The van der Waals surface area contributed by atoms with Gasteiger partial charge in [0.25, 0.3) is 11.8 Å². The molecular formula is C20H18Cl2N2O3. The lowest BCUT2D eigenvalue weighted by Crippen LogP contribution is -2.33. The van der Waals surface area contributed by atoms with Crippen molar-refractivity contribution in [3.05, 3.63) is 63.8 Å². The molecule has 2 aromatic carbocycles. The highest BCUT2D eigenvalue weighted by Crippen LogP contribution is 2.33. The Hall–Kier alpha value is -2.50. The molecule has 1 heterocycles. The van der Waals surface area contributed by atoms with Crippen LogP contribution in [0.5, 0.6) is 5.75 Å². The average Bonchev–Trinajstić information content (AvgIpc) is 2.87. The Bertz CT molecular complexity index is 923. The molecule has 0 unspecified atom stereocenters. The number of rotatable bonds is 6. The van der Waals surface area contributed by atoms with Crippen molar-refractivity contribution < 1.29 is 14.3 Å². The van der Waals surface area contributed by atoms with Crippen LogP contribution < -0.4 is 10.1 Å². The predicted octanol–water partition coefficient (Wildman–Crippen LogP) is 4.60. The predicted molar refractivity (Wildman–Crippen MR) is 107 cm³/mol. The zero-order chi connectivity index (χ0) is 19.6. The molecule has 0 saturated carbocycles. The van der Waals surface area contributed by atoms with Crippen LogP contribution in [0.2, 0.25) is 10.0 Å². The average molecular weight is 405 g/mol. The maximum absolute atomic E-state index is 12.9. The molecule has 0 saturated heterocycles. The molecule has 0 aromatic heterocycles. The van der Waals surface area contributed by atoms with Crippen molar-refractivity contribution in [1.29, 1.82) is 0 Å². The normalized spacial score (nSPS) is 14.1. The van der Waals surface area contributed by atoms with Crippen molar-refractivity contribution in [2.75, 3.05) is 19.0 Å². The van der Waals surface area contributed by atoms with Gasteiger partial charge in [0.1, 0.15) is 11.4 Å². The molecule has 2 amide bonds. The number of nitrogens with one attached hydrogen (secondary N) is 1. The molecule has 1 aliphatic rings. The number of carbonyl (C=O) groups excluding carboxylic acids is 2. The first-order valence-electron chi connectivity index (χ1n) is 8.43. The summed E-state index contributed by atoms with van der Waals surface area (Å²) in [4.78, 5) is 27.0. The van der Waals surface area contributed by atoms with Gasteiger partial charge in [0.2, 0.25) is 0 Å². The van der Waals surface area contributed by atoms with E-state index in [1.54, 1.807) is 42.5 Å². The molecule has 2 aromatic rings. The second kappa shape index (κ2) is 8.03. The Morgan fingerprint density at radius 2 is 1.74 bits per heavy atom. The number of carbonyl (C=O) groups is 2. The summed E-state index contributed by atoms with van der Waals surface area (Å²) >= 11 is 12.1. The topological polar surface area (TPSA) is 58.6 Å². The third kappa shape index (κ3) is 3.80. The first-order valence-corrected chi connectivity index (χ1v) is 9.18. The van der Waals surface area contributed by atoms with Crippen LogP contribution in [0.3, 0.4) is 0 Å². The van der Waals surface area contributed by atoms with E-state index in [-0.39, 0.29) is 17.5 Å². The number of hydrogen-bond donors (Lipinski definition) is 1. The van der Waals surface area contributed by atoms with Crippen molar-refractivity contribution in [1.82, 2.24) is 4.90 Å². The Balaban J connectivity index is 2.05. The molecule has 140 valence electrons. The molecule has 27 heavy (non-hydrogen) atoms. The van der Waals surface area contributed by atoms with Crippen LogP contribution in [0.4, 0.5) is 5.69 Å². The van der Waals surface area contributed by atoms with Gasteiger partial charge in [-0.05, 0) is 42.3 Å². The summed E-state index contributed by atoms with van der Waals surface area (Å²) in [5, 5.41) is 4.01. The molecule has 0 bridgehead atoms. The smallest absolute Gasteiger partial charge is 0.278 e. The highest BCUT2D eigenvalue weighted by Gasteiger charge is 2.38. The van der Waals surface area contributed by atoms with Crippen molar-refractivity contribution in [3.8, 4) is 5.75 Å². The lowest BCUT2D eigenvalue weighted by molar-refractivity contribution is -0.136. The molecular weight excluding hydrogens is 387 g/mol. The molecule has 0 spiro atoms. The van der Waals surface area contributed by atoms with Crippen LogP contribution in [-0.2, 0) is 9.59 Å². The lowest BCUT2D eigenvalue weighted by atomic mass is 10.0. The van der Waals surface area contributed by atoms with Gasteiger partial charge in [0, 0.05) is 17.3 Å². The van der Waals surface area contributed by atoms with Gasteiger partial charge < -0.3 is 10.1 Å². The standard InChI is InChI=1S/C20H18Cl2N2O3/c1-3-10-24-19(25)17(12-4-6-13(21)7-5-12)18(20(24)26)23-14-8-9-16(27-2)15(22)11-14/h4-9,11,23H,3,10H2,1-2H3. The quantitative estimate of drug-likeness (QED) is 0.714. The first-order chi connectivity index (χ1) is 13.0. The Morgan fingerprint density at radius 1 is 1.04 bits per heavy atom. The minimum Gasteiger partial charge on any atom is -0.495 e. The van der Waals surface area contributed by atoms with Crippen LogP contribution in [0.15, 0.2) is 48.2 Å². The van der Waals surface area contributed by atoms with Crippen LogP contribution >= 0.6 is 23.2 Å². The minimum absolute atomic E-state index is 0.219. The SMILES string of the molecule is CCCN1C(=O)C(Nc2ccc(OC)c(Cl)c2)=C(c2ccc(Cl)cc2)C1=O. The molecule has 1 aliphatic heterocycles. The molecule has 0 radical (unpaired) electrons. The zero-order valence-electron chi connectivity index (χ0n) is 14.9. The molecule has 0 aliphatic carbocycles. The van der Waals surface area contributed by atoms with Gasteiger partial charge in [-0.2, -0.15) is 0 Å². The van der Waals surface area contributed by atoms with E-state index in [0.717, 1.165) is 0 Å². The Labute approximate surface area is 167 Å². The van der Waals surface area contributed by atoms with Crippen molar-refractivity contribution in [2.24, 2.45) is 0 Å². The lowest BCUT2D eigenvalue weighted by Gasteiger charge is -2.14. The fourth-order valence-corrected chi connectivity index (χ4v) is 3.28. The van der Waals surface area contributed by atoms with Crippen LogP contribution in [0.25, 0.3) is 5.57 Å². The molecule has 0 fully saturated rings. The largest absolute Gasteiger partial charge is 0.495 e. The summed E-state index contributed by atoms with van der Waals surface area (Å²) in [5.74, 6) is -0.166. The van der Waals surface area contributed by atoms with Gasteiger partial charge >= 0.3 is 0 Å². The second-order valence-corrected chi connectivity index (χ2v) is 6.84. The number of halogens is 2. The number of amides is 2. The number of imide groups is 1. The van der Waals surface area contributed by atoms with Crippen molar-refractivity contribution >= 4 is 46.3 Å². The van der Waals surface area contributed by atoms with E-state index >= 15 is 0 Å². The fraction of sp³-hybridized carbons (Fsp3) is 0.200. The summed E-state index contributed by atoms with van der Waals surface area (Å²) < 4.78 is 5.15. The minimum atomic E-state index is -0.362. The number of methoxy groups -OCH3 is 1. The van der Waals surface area contributed by atoms with E-state index in [1.165, 1.54) is 12.0 Å². The van der Waals surface area contributed by atoms with Gasteiger partial charge in [-0.1, -0.05) is 42.3 Å². The molecule has 5 nitrogen and oxygen atoms in total. The number of nitrogens with zero attached hydrogens (tertiary/aromatic N) is 1. The maximum atomic E-state index is 12.9. The van der Waals surface area contributed by atoms with Gasteiger partial charge in [0.15, 0.2) is 0 Å². The van der Waals surface area contributed by atoms with Crippen LogP contribution in [-0.4, -0.2) is 30.4 Å². The summed E-state index contributed by atoms with van der Waals surface area (Å²) in [6.07, 6.45) is 0.674. The third-order valence-corrected chi connectivity index (χ3v) is 4.72. The van der Waals surface area contributed by atoms with Crippen LogP contribution in [0, 0.1) is 0 Å². The monoisotopic (exact) mass is 404 g/mol. The first kappa shape index (κ1) is 19.3. The molecule has 7 heteroatoms. The number of ether oxygens (including phenoxy) is 1. The highest BCUT2D eigenvalue weighted by molar-refractivity contribution is 6.37. The van der Waals surface area contributed by atoms with E-state index in [1.807, 2.05) is 6.92 Å². The van der Waals surface area contributed by atoms with E-state index in [2.05, 4.69) is 5.32 Å². The summed E-state index contributed by atoms with van der Waals surface area (Å²) in [5.41, 5.74) is 1.74. The molecule has 3 rings (SSSR count). The molecule has 1 N–H and O–H groups in total. The maximum Gasteiger partial charge on any atom is 0.278 e. The second-order valence-electron chi connectivity index (χ2n) is 5.99. The van der Waals surface area contributed by atoms with Gasteiger partial charge in [-0.25, -0.2) is 0 Å². The number of hydrogen-bond acceptors (Lipinski definition) is 4. The van der Waals surface area contributed by atoms with Crippen LogP contribution in [0.1, 0.15) is 18.9 Å². The summed E-state index contributed by atoms with van der Waals surface area (Å²) in [6.45, 7) is 2.26. The van der Waals surface area contributed by atoms with Crippen molar-refractivity contribution in [3.63, 3.8) is 0 Å². The Morgan fingerprint density at radius 3 is 2.33 bits per heavy atom. The highest BCUT2D eigenvalue weighted by atomic mass is 35.5. The molecule has 0 atom stereocenters. The number of anilines is 1.